The predicted octanol–water partition coefficient (Wildman–Crippen LogP) is 4.09. The summed E-state index contributed by atoms with van der Waals surface area (Å²) in [5, 5.41) is -0.580. The van der Waals surface area contributed by atoms with Crippen LogP contribution in [0.15, 0.2) is 72.1 Å². The van der Waals surface area contributed by atoms with E-state index in [9.17, 15) is 8.42 Å². The molecule has 0 aliphatic heterocycles. The minimum atomic E-state index is -3.40. The Balaban J connectivity index is 2.48. The number of aryl methyl sites for hydroxylation is 1. The van der Waals surface area contributed by atoms with Crippen LogP contribution in [-0.2, 0) is 9.84 Å². The Morgan fingerprint density at radius 3 is 2.20 bits per heavy atom. The Morgan fingerprint density at radius 2 is 1.65 bits per heavy atom. The summed E-state index contributed by atoms with van der Waals surface area (Å²) in [5.74, 6) is 0. The van der Waals surface area contributed by atoms with Crippen LogP contribution in [-0.4, -0.2) is 8.42 Å². The minimum absolute atomic E-state index is 0.360. The van der Waals surface area contributed by atoms with Gasteiger partial charge in [-0.25, -0.2) is 8.42 Å². The van der Waals surface area contributed by atoms with Crippen molar-refractivity contribution in [1.29, 1.82) is 0 Å². The Kier molecular flexibility index (Phi) is 4.40. The van der Waals surface area contributed by atoms with E-state index in [1.165, 1.54) is 0 Å². The lowest BCUT2D eigenvalue weighted by Crippen LogP contribution is -2.13. The summed E-state index contributed by atoms with van der Waals surface area (Å²) in [6.07, 6.45) is 2.06. The Hall–Kier alpha value is -1.87. The average Bonchev–Trinajstić information content (AvgIpc) is 2.46. The standard InChI is InChI=1S/C17H18O2S/c1-3-7-17(15-8-5-4-6-9-15)20(18,19)16-12-10-14(2)11-13-16/h3-6,8-13,17H,1,7H2,2H3. The summed E-state index contributed by atoms with van der Waals surface area (Å²) in [5.41, 5.74) is 1.84. The first-order valence-corrected chi connectivity index (χ1v) is 8.06. The summed E-state index contributed by atoms with van der Waals surface area (Å²) in [6.45, 7) is 5.62. The van der Waals surface area contributed by atoms with Crippen molar-refractivity contribution >= 4 is 9.84 Å². The van der Waals surface area contributed by atoms with E-state index in [2.05, 4.69) is 6.58 Å². The molecule has 0 N–H and O–H groups in total. The molecule has 0 heterocycles. The second-order valence-corrected chi connectivity index (χ2v) is 6.91. The lowest BCUT2D eigenvalue weighted by atomic mass is 10.1. The fourth-order valence-electron chi connectivity index (χ4n) is 2.15. The maximum atomic E-state index is 12.8. The molecule has 3 heteroatoms. The molecule has 0 fully saturated rings. The monoisotopic (exact) mass is 286 g/mol. The normalized spacial score (nSPS) is 12.8. The van der Waals surface area contributed by atoms with E-state index in [1.807, 2.05) is 49.4 Å². The Bertz CT molecular complexity index is 671. The molecule has 0 saturated heterocycles. The zero-order valence-electron chi connectivity index (χ0n) is 11.5. The molecule has 0 spiro atoms. The van der Waals surface area contributed by atoms with Gasteiger partial charge >= 0.3 is 0 Å². The minimum Gasteiger partial charge on any atom is -0.223 e. The highest BCUT2D eigenvalue weighted by Gasteiger charge is 2.27. The van der Waals surface area contributed by atoms with Gasteiger partial charge in [-0.2, -0.15) is 0 Å². The van der Waals surface area contributed by atoms with E-state index in [-0.39, 0.29) is 0 Å². The fraction of sp³-hybridized carbons (Fsp3) is 0.176. The predicted molar refractivity (Wildman–Crippen MR) is 82.4 cm³/mol. The van der Waals surface area contributed by atoms with Gasteiger partial charge in [0.25, 0.3) is 0 Å². The molecule has 1 unspecified atom stereocenters. The molecule has 2 aromatic carbocycles. The van der Waals surface area contributed by atoms with Crippen LogP contribution in [0.5, 0.6) is 0 Å². The van der Waals surface area contributed by atoms with Crippen LogP contribution in [0.4, 0.5) is 0 Å². The van der Waals surface area contributed by atoms with Gasteiger partial charge in [-0.1, -0.05) is 54.1 Å². The van der Waals surface area contributed by atoms with Crippen LogP contribution in [0.1, 0.15) is 22.8 Å². The van der Waals surface area contributed by atoms with Crippen LogP contribution in [0.3, 0.4) is 0 Å². The molecular weight excluding hydrogens is 268 g/mol. The molecule has 2 aromatic rings. The molecule has 2 nitrogen and oxygen atoms in total. The van der Waals surface area contributed by atoms with E-state index in [1.54, 1.807) is 18.2 Å². The van der Waals surface area contributed by atoms with Crippen LogP contribution < -0.4 is 0 Å². The molecule has 0 aliphatic carbocycles. The maximum absolute atomic E-state index is 12.8. The number of benzene rings is 2. The van der Waals surface area contributed by atoms with Crippen molar-refractivity contribution in [2.45, 2.75) is 23.5 Å². The molecule has 0 aromatic heterocycles. The van der Waals surface area contributed by atoms with Crippen molar-refractivity contribution < 1.29 is 8.42 Å². The van der Waals surface area contributed by atoms with Gasteiger partial charge in [0, 0.05) is 0 Å². The third kappa shape index (κ3) is 2.99. The van der Waals surface area contributed by atoms with Crippen molar-refractivity contribution in [3.05, 3.63) is 78.4 Å². The van der Waals surface area contributed by atoms with Crippen LogP contribution in [0, 0.1) is 6.92 Å². The lowest BCUT2D eigenvalue weighted by molar-refractivity contribution is 0.582. The first kappa shape index (κ1) is 14.5. The first-order chi connectivity index (χ1) is 9.55. The highest BCUT2D eigenvalue weighted by Crippen LogP contribution is 2.32. The lowest BCUT2D eigenvalue weighted by Gasteiger charge is -2.17. The van der Waals surface area contributed by atoms with Gasteiger partial charge in [-0.15, -0.1) is 6.58 Å². The quantitative estimate of drug-likeness (QED) is 0.776. The van der Waals surface area contributed by atoms with E-state index < -0.39 is 15.1 Å². The zero-order valence-corrected chi connectivity index (χ0v) is 12.3. The van der Waals surface area contributed by atoms with Crippen LogP contribution >= 0.6 is 0 Å². The van der Waals surface area contributed by atoms with E-state index >= 15 is 0 Å². The maximum Gasteiger partial charge on any atom is 0.185 e. The first-order valence-electron chi connectivity index (χ1n) is 6.52. The summed E-state index contributed by atoms with van der Waals surface area (Å²) < 4.78 is 25.6. The molecule has 104 valence electrons. The van der Waals surface area contributed by atoms with Gasteiger partial charge in [0.2, 0.25) is 0 Å². The second-order valence-electron chi connectivity index (χ2n) is 4.78. The molecule has 0 saturated carbocycles. The third-order valence-electron chi connectivity index (χ3n) is 3.28. The van der Waals surface area contributed by atoms with Crippen molar-refractivity contribution in [3.63, 3.8) is 0 Å². The van der Waals surface area contributed by atoms with Gasteiger partial charge in [0.05, 0.1) is 10.1 Å². The Morgan fingerprint density at radius 1 is 1.05 bits per heavy atom. The van der Waals surface area contributed by atoms with Crippen molar-refractivity contribution in [1.82, 2.24) is 0 Å². The SMILES string of the molecule is C=CCC(c1ccccc1)S(=O)(=O)c1ccc(C)cc1. The number of hydrogen-bond donors (Lipinski definition) is 0. The third-order valence-corrected chi connectivity index (χ3v) is 5.42. The molecule has 0 radical (unpaired) electrons. The average molecular weight is 286 g/mol. The topological polar surface area (TPSA) is 34.1 Å². The molecule has 0 bridgehead atoms. The van der Waals surface area contributed by atoms with Gasteiger partial charge in [0.15, 0.2) is 9.84 Å². The van der Waals surface area contributed by atoms with Crippen molar-refractivity contribution in [2.75, 3.05) is 0 Å². The summed E-state index contributed by atoms with van der Waals surface area (Å²) in [7, 11) is -3.40. The van der Waals surface area contributed by atoms with Crippen LogP contribution in [0.25, 0.3) is 0 Å². The molecular formula is C17H18O2S. The summed E-state index contributed by atoms with van der Waals surface area (Å²) in [4.78, 5) is 0.360. The number of hydrogen-bond acceptors (Lipinski definition) is 2. The second kappa shape index (κ2) is 6.06. The van der Waals surface area contributed by atoms with Gasteiger partial charge in [-0.3, -0.25) is 0 Å². The van der Waals surface area contributed by atoms with E-state index in [0.29, 0.717) is 11.3 Å². The summed E-state index contributed by atoms with van der Waals surface area (Å²) in [6, 6.07) is 16.3. The number of allylic oxidation sites excluding steroid dienone is 1. The van der Waals surface area contributed by atoms with Gasteiger partial charge in [0.1, 0.15) is 0 Å². The molecule has 0 amide bonds. The smallest absolute Gasteiger partial charge is 0.185 e. The van der Waals surface area contributed by atoms with Crippen molar-refractivity contribution in [2.24, 2.45) is 0 Å². The molecule has 1 atom stereocenters. The van der Waals surface area contributed by atoms with Crippen molar-refractivity contribution in [3.8, 4) is 0 Å². The highest BCUT2D eigenvalue weighted by molar-refractivity contribution is 7.91. The van der Waals surface area contributed by atoms with Gasteiger partial charge < -0.3 is 0 Å². The zero-order chi connectivity index (χ0) is 14.6. The highest BCUT2D eigenvalue weighted by atomic mass is 32.2. The fourth-order valence-corrected chi connectivity index (χ4v) is 3.90. The molecule has 20 heavy (non-hydrogen) atoms. The van der Waals surface area contributed by atoms with Gasteiger partial charge in [-0.05, 0) is 31.0 Å². The molecule has 2 rings (SSSR count). The number of sulfone groups is 1. The largest absolute Gasteiger partial charge is 0.223 e. The van der Waals surface area contributed by atoms with E-state index in [4.69, 9.17) is 0 Å². The number of rotatable bonds is 5. The van der Waals surface area contributed by atoms with E-state index in [0.717, 1.165) is 11.1 Å². The Labute approximate surface area is 120 Å². The molecule has 0 aliphatic rings. The summed E-state index contributed by atoms with van der Waals surface area (Å²) >= 11 is 0. The van der Waals surface area contributed by atoms with Crippen LogP contribution in [0.2, 0.25) is 0 Å².